The van der Waals surface area contributed by atoms with Gasteiger partial charge in [0.05, 0.1) is 0 Å². The summed E-state index contributed by atoms with van der Waals surface area (Å²) in [4.78, 5) is 8.36. The van der Waals surface area contributed by atoms with Crippen molar-refractivity contribution >= 4 is 6.47 Å². The highest BCUT2D eigenvalue weighted by Crippen LogP contribution is 1.88. The number of carbonyl (C=O) groups is 1. The van der Waals surface area contributed by atoms with Crippen LogP contribution in [0.1, 0.15) is 19.3 Å². The Morgan fingerprint density at radius 3 is 1.60 bits per heavy atom. The van der Waals surface area contributed by atoms with Crippen LogP contribution in [0.2, 0.25) is 0 Å². The van der Waals surface area contributed by atoms with Gasteiger partial charge in [0, 0.05) is 0 Å². The van der Waals surface area contributed by atoms with Crippen LogP contribution in [0.5, 0.6) is 0 Å². The van der Waals surface area contributed by atoms with E-state index in [1.807, 2.05) is 0 Å². The first-order chi connectivity index (χ1) is 4.83. The summed E-state index contributed by atoms with van der Waals surface area (Å²) in [7, 11) is 0. The van der Waals surface area contributed by atoms with E-state index in [1.165, 1.54) is 6.42 Å². The maximum absolute atomic E-state index is 8.36. The normalized spacial score (nSPS) is 7.80. The van der Waals surface area contributed by atoms with Crippen molar-refractivity contribution < 1.29 is 9.90 Å². The summed E-state index contributed by atoms with van der Waals surface area (Å²) < 4.78 is 0. The lowest BCUT2D eigenvalue weighted by molar-refractivity contribution is -0.122. The standard InChI is InChI=1S/C5H14N2.CH2O2/c6-4-2-1-3-5-7;2-1-3/h1-7H2;1H,(H,2,3). The molecule has 0 spiro atoms. The second-order valence-electron chi connectivity index (χ2n) is 1.74. The average molecular weight is 148 g/mol. The molecule has 0 aliphatic heterocycles. The molecule has 0 aromatic heterocycles. The molecule has 5 N–H and O–H groups in total. The van der Waals surface area contributed by atoms with Crippen LogP contribution >= 0.6 is 0 Å². The fourth-order valence-corrected chi connectivity index (χ4v) is 0.465. The first-order valence-electron chi connectivity index (χ1n) is 3.31. The zero-order valence-corrected chi connectivity index (χ0v) is 6.12. The Kier molecular flexibility index (Phi) is 19.1. The number of rotatable bonds is 4. The summed E-state index contributed by atoms with van der Waals surface area (Å²) in [6, 6.07) is 0. The molecule has 0 aliphatic rings. The molecule has 0 fully saturated rings. The maximum atomic E-state index is 8.36. The van der Waals surface area contributed by atoms with Crippen molar-refractivity contribution in [2.45, 2.75) is 19.3 Å². The third-order valence-electron chi connectivity index (χ3n) is 0.908. The Balaban J connectivity index is 0. The van der Waals surface area contributed by atoms with Gasteiger partial charge in [0.15, 0.2) is 0 Å². The number of carboxylic acid groups (broad SMARTS) is 1. The molecular formula is C6H16N2O2. The Bertz CT molecular complexity index is 55.7. The molecule has 0 atom stereocenters. The number of unbranched alkanes of at least 4 members (excludes halogenated alkanes) is 2. The van der Waals surface area contributed by atoms with Crippen molar-refractivity contribution in [3.63, 3.8) is 0 Å². The van der Waals surface area contributed by atoms with Gasteiger partial charge in [-0.25, -0.2) is 0 Å². The van der Waals surface area contributed by atoms with E-state index in [9.17, 15) is 0 Å². The van der Waals surface area contributed by atoms with Gasteiger partial charge in [0.1, 0.15) is 0 Å². The van der Waals surface area contributed by atoms with Gasteiger partial charge < -0.3 is 16.6 Å². The minimum absolute atomic E-state index is 0.250. The zero-order valence-electron chi connectivity index (χ0n) is 6.12. The van der Waals surface area contributed by atoms with Gasteiger partial charge in [0.25, 0.3) is 6.47 Å². The second-order valence-corrected chi connectivity index (χ2v) is 1.74. The lowest BCUT2D eigenvalue weighted by atomic mass is 10.2. The second kappa shape index (κ2) is 15.8. The van der Waals surface area contributed by atoms with E-state index in [-0.39, 0.29) is 6.47 Å². The molecule has 0 saturated carbocycles. The molecule has 0 unspecified atom stereocenters. The highest BCUT2D eigenvalue weighted by atomic mass is 16.3. The van der Waals surface area contributed by atoms with Crippen LogP contribution < -0.4 is 11.5 Å². The summed E-state index contributed by atoms with van der Waals surface area (Å²) in [5.41, 5.74) is 10.5. The predicted molar refractivity (Wildman–Crippen MR) is 40.7 cm³/mol. The van der Waals surface area contributed by atoms with Crippen molar-refractivity contribution in [3.05, 3.63) is 0 Å². The minimum Gasteiger partial charge on any atom is -0.483 e. The average Bonchev–Trinajstić information content (AvgIpc) is 1.91. The third kappa shape index (κ3) is 26.3. The Morgan fingerprint density at radius 1 is 1.10 bits per heavy atom. The van der Waals surface area contributed by atoms with Crippen molar-refractivity contribution in [3.8, 4) is 0 Å². The van der Waals surface area contributed by atoms with Gasteiger partial charge in [-0.2, -0.15) is 0 Å². The molecule has 0 rings (SSSR count). The van der Waals surface area contributed by atoms with Crippen molar-refractivity contribution in [2.75, 3.05) is 13.1 Å². The van der Waals surface area contributed by atoms with Crippen molar-refractivity contribution in [1.82, 2.24) is 0 Å². The van der Waals surface area contributed by atoms with E-state index in [2.05, 4.69) is 0 Å². The van der Waals surface area contributed by atoms with Gasteiger partial charge in [-0.1, -0.05) is 6.42 Å². The number of hydrogen-bond donors (Lipinski definition) is 3. The van der Waals surface area contributed by atoms with Crippen LogP contribution in [0, 0.1) is 0 Å². The lowest BCUT2D eigenvalue weighted by Crippen LogP contribution is -2.02. The largest absolute Gasteiger partial charge is 0.483 e. The molecule has 0 heterocycles. The molecule has 62 valence electrons. The molecule has 10 heavy (non-hydrogen) atoms. The number of nitrogens with two attached hydrogens (primary N) is 2. The molecule has 0 aromatic carbocycles. The maximum Gasteiger partial charge on any atom is 0.290 e. The first-order valence-corrected chi connectivity index (χ1v) is 3.31. The SMILES string of the molecule is NCCCCCN.O=CO. The topological polar surface area (TPSA) is 89.3 Å². The van der Waals surface area contributed by atoms with Crippen molar-refractivity contribution in [1.29, 1.82) is 0 Å². The van der Waals surface area contributed by atoms with Gasteiger partial charge in [-0.05, 0) is 25.9 Å². The Hall–Kier alpha value is -0.610. The summed E-state index contributed by atoms with van der Waals surface area (Å²) >= 11 is 0. The lowest BCUT2D eigenvalue weighted by Gasteiger charge is -1.91. The van der Waals surface area contributed by atoms with Crippen molar-refractivity contribution in [2.24, 2.45) is 11.5 Å². The van der Waals surface area contributed by atoms with Crippen LogP contribution in [-0.2, 0) is 4.79 Å². The van der Waals surface area contributed by atoms with Crippen LogP contribution in [0.25, 0.3) is 0 Å². The summed E-state index contributed by atoms with van der Waals surface area (Å²) in [6.45, 7) is 1.36. The van der Waals surface area contributed by atoms with Gasteiger partial charge in [-0.15, -0.1) is 0 Å². The summed E-state index contributed by atoms with van der Waals surface area (Å²) in [5, 5.41) is 6.89. The van der Waals surface area contributed by atoms with Gasteiger partial charge in [0.2, 0.25) is 0 Å². The summed E-state index contributed by atoms with van der Waals surface area (Å²) in [5.74, 6) is 0. The monoisotopic (exact) mass is 148 g/mol. The molecule has 0 aromatic rings. The van der Waals surface area contributed by atoms with E-state index in [1.54, 1.807) is 0 Å². The number of hydrogen-bond acceptors (Lipinski definition) is 3. The highest BCUT2D eigenvalue weighted by molar-refractivity contribution is 5.32. The van der Waals surface area contributed by atoms with Crippen LogP contribution in [0.3, 0.4) is 0 Å². The molecular weight excluding hydrogens is 132 g/mol. The van der Waals surface area contributed by atoms with E-state index in [0.29, 0.717) is 0 Å². The molecule has 0 bridgehead atoms. The smallest absolute Gasteiger partial charge is 0.290 e. The molecule has 4 nitrogen and oxygen atoms in total. The molecule has 4 heteroatoms. The van der Waals surface area contributed by atoms with Crippen LogP contribution in [-0.4, -0.2) is 24.7 Å². The quantitative estimate of drug-likeness (QED) is 0.379. The van der Waals surface area contributed by atoms with E-state index in [0.717, 1.165) is 25.9 Å². The minimum atomic E-state index is -0.250. The molecule has 0 radical (unpaired) electrons. The molecule has 0 aliphatic carbocycles. The van der Waals surface area contributed by atoms with E-state index in [4.69, 9.17) is 21.4 Å². The van der Waals surface area contributed by atoms with Gasteiger partial charge in [-0.3, -0.25) is 4.79 Å². The Morgan fingerprint density at radius 2 is 1.40 bits per heavy atom. The van der Waals surface area contributed by atoms with Gasteiger partial charge >= 0.3 is 0 Å². The highest BCUT2D eigenvalue weighted by Gasteiger charge is 1.80. The predicted octanol–water partition coefficient (Wildman–Crippen LogP) is -0.225. The Labute approximate surface area is 61.2 Å². The van der Waals surface area contributed by atoms with Crippen LogP contribution in [0.15, 0.2) is 0 Å². The zero-order chi connectivity index (χ0) is 8.24. The first kappa shape index (κ1) is 12.1. The fourth-order valence-electron chi connectivity index (χ4n) is 0.465. The fraction of sp³-hybridized carbons (Fsp3) is 0.833. The van der Waals surface area contributed by atoms with E-state index >= 15 is 0 Å². The molecule has 0 amide bonds. The van der Waals surface area contributed by atoms with Crippen LogP contribution in [0.4, 0.5) is 0 Å². The summed E-state index contributed by atoms with van der Waals surface area (Å²) in [6.07, 6.45) is 3.43. The third-order valence-corrected chi connectivity index (χ3v) is 0.908. The molecule has 0 saturated heterocycles. The van der Waals surface area contributed by atoms with E-state index < -0.39 is 0 Å².